The van der Waals surface area contributed by atoms with Crippen molar-refractivity contribution in [1.29, 1.82) is 0 Å². The normalized spacial score (nSPS) is 0.667. The molecule has 0 aliphatic rings. The van der Waals surface area contributed by atoms with E-state index in [2.05, 4.69) is 12.3 Å². The van der Waals surface area contributed by atoms with Gasteiger partial charge in [-0.3, -0.25) is 0 Å². The Balaban J connectivity index is -0.000000000190. The molecule has 0 aliphatic heterocycles. The maximum absolute atomic E-state index is 4.44. The van der Waals surface area contributed by atoms with E-state index in [0.717, 1.165) is 0 Å². The van der Waals surface area contributed by atoms with Crippen LogP contribution in [0.4, 0.5) is 0 Å². The Morgan fingerprint density at radius 1 is 0.389 bits per heavy atom. The summed E-state index contributed by atoms with van der Waals surface area (Å²) in [6.07, 6.45) is 0. The molecule has 1 unspecified atom stereocenters. The van der Waals surface area contributed by atoms with Gasteiger partial charge in [-0.25, -0.2) is 0 Å². The summed E-state index contributed by atoms with van der Waals surface area (Å²) in [5.41, 5.74) is 0. The Hall–Kier alpha value is 0.295. The van der Waals surface area contributed by atoms with Crippen molar-refractivity contribution in [2.45, 2.75) is 111 Å². The van der Waals surface area contributed by atoms with Crippen LogP contribution in [0.3, 0.4) is 0 Å². The summed E-state index contributed by atoms with van der Waals surface area (Å²) >= 11 is 0. The summed E-state index contributed by atoms with van der Waals surface area (Å²) in [7, 11) is 6.42. The van der Waals surface area contributed by atoms with Gasteiger partial charge in [-0.05, 0) is 0 Å². The van der Waals surface area contributed by atoms with Gasteiger partial charge in [0.25, 0.3) is 0 Å². The average Bonchev–Trinajstić information content (AvgIpc) is 0.918. The molecule has 0 N–H and O–H groups in total. The maximum atomic E-state index is 4.44. The van der Waals surface area contributed by atoms with Crippen molar-refractivity contribution in [3.8, 4) is 0 Å². The van der Waals surface area contributed by atoms with E-state index in [1.54, 1.807) is 0 Å². The van der Waals surface area contributed by atoms with Crippen molar-refractivity contribution < 1.29 is 0 Å². The minimum atomic E-state index is 0. The predicted octanol–water partition coefficient (Wildman–Crippen LogP) is 9.67. The molecule has 0 bridgehead atoms. The first-order chi connectivity index (χ1) is 1.41. The zero-order valence-corrected chi connectivity index (χ0v) is 2.76. The third kappa shape index (κ3) is 43800. The monoisotopic (exact) mass is 298 g/mol. The Morgan fingerprint density at radius 3 is 0.389 bits per heavy atom. The zero-order chi connectivity index (χ0) is 2.71. The molecule has 0 aliphatic carbocycles. The van der Waals surface area contributed by atoms with Gasteiger partial charge in [0.05, 0.1) is 0 Å². The third-order valence-corrected chi connectivity index (χ3v) is 0. The van der Waals surface area contributed by atoms with Crippen LogP contribution in [0.2, 0.25) is 0 Å². The van der Waals surface area contributed by atoms with Crippen LogP contribution in [0.15, 0.2) is 4.67 Å². The molecule has 0 amide bonds. The number of hydrogen-bond acceptors (Lipinski definition) is 1. The molecule has 0 heterocycles. The second-order valence-corrected chi connectivity index (χ2v) is 0.447. The van der Waals surface area contributed by atoms with Gasteiger partial charge in [-0.15, -0.1) is 0 Å². The SMILES string of the molecule is C.C.C.C.C.C.C.C.C.C.C.C.C.C.C.[B]=NP. The minimum absolute atomic E-state index is 0. The van der Waals surface area contributed by atoms with Gasteiger partial charge in [0.15, 0.2) is 0 Å². The van der Waals surface area contributed by atoms with Gasteiger partial charge in [0.2, 0.25) is 0 Å². The first kappa shape index (κ1) is 1040. The first-order valence-corrected chi connectivity index (χ1v) is 1.03. The molecule has 18 heavy (non-hydrogen) atoms. The Labute approximate surface area is 133 Å². The van der Waals surface area contributed by atoms with E-state index in [1.807, 2.05) is 9.39 Å². The molecule has 0 aromatic heterocycles. The second kappa shape index (κ2) is 2740. The van der Waals surface area contributed by atoms with Crippen molar-refractivity contribution in [2.24, 2.45) is 4.67 Å². The number of nitrogens with zero attached hydrogens (tertiary/aromatic N) is 1. The molecular formula is C15H62BNP. The van der Waals surface area contributed by atoms with Crippen LogP contribution < -0.4 is 0 Å². The van der Waals surface area contributed by atoms with E-state index < -0.39 is 0 Å². The van der Waals surface area contributed by atoms with Gasteiger partial charge in [-0.2, -0.15) is 0 Å². The quantitative estimate of drug-likeness (QED) is 0.311. The van der Waals surface area contributed by atoms with E-state index in [4.69, 9.17) is 0 Å². The van der Waals surface area contributed by atoms with Crippen LogP contribution in [-0.2, 0) is 0 Å². The molecule has 0 rings (SSSR count). The van der Waals surface area contributed by atoms with E-state index in [0.29, 0.717) is 0 Å². The Bertz CT molecular complexity index is 24.0. The van der Waals surface area contributed by atoms with Crippen molar-refractivity contribution in [2.75, 3.05) is 0 Å². The van der Waals surface area contributed by atoms with Gasteiger partial charge >= 0.3 is 21.7 Å². The second-order valence-electron chi connectivity index (χ2n) is 0.149. The van der Waals surface area contributed by atoms with Crippen LogP contribution in [0, 0.1) is 0 Å². The molecule has 3 heteroatoms. The van der Waals surface area contributed by atoms with E-state index in [-0.39, 0.29) is 111 Å². The van der Waals surface area contributed by atoms with Crippen LogP contribution in [0.1, 0.15) is 111 Å². The fourth-order valence-corrected chi connectivity index (χ4v) is 0. The molecule has 0 saturated heterocycles. The number of hydrogen-bond donors (Lipinski definition) is 0. The molecule has 0 fully saturated rings. The topological polar surface area (TPSA) is 12.4 Å². The van der Waals surface area contributed by atoms with Gasteiger partial charge in [0.1, 0.15) is 0 Å². The standard InChI is InChI=1S/15CH4.BH2NP/c;;;;;;;;;;;;;;;1-2-3/h15*1H4;3H2. The van der Waals surface area contributed by atoms with Crippen molar-refractivity contribution in [3.05, 3.63) is 0 Å². The molecule has 1 atom stereocenters. The van der Waals surface area contributed by atoms with Crippen LogP contribution in [0.5, 0.6) is 0 Å². The van der Waals surface area contributed by atoms with E-state index >= 15 is 0 Å². The fraction of sp³-hybridized carbons (Fsp3) is 1.00. The van der Waals surface area contributed by atoms with Gasteiger partial charge in [0, 0.05) is 0 Å². The average molecular weight is 298 g/mol. The van der Waals surface area contributed by atoms with Crippen molar-refractivity contribution in [1.82, 2.24) is 0 Å². The van der Waals surface area contributed by atoms with E-state index in [1.165, 1.54) is 0 Å². The Kier molecular flexibility index (Phi) is 158000. The predicted molar refractivity (Wildman–Crippen MR) is 119 cm³/mol. The van der Waals surface area contributed by atoms with Gasteiger partial charge < -0.3 is 0 Å². The summed E-state index contributed by atoms with van der Waals surface area (Å²) in [5, 5.41) is 0. The summed E-state index contributed by atoms with van der Waals surface area (Å²) in [6, 6.07) is 0. The molecule has 135 valence electrons. The van der Waals surface area contributed by atoms with Crippen molar-refractivity contribution >= 4 is 17.0 Å². The molecule has 0 spiro atoms. The zero-order valence-electron chi connectivity index (χ0n) is 1.60. The van der Waals surface area contributed by atoms with Crippen molar-refractivity contribution in [3.63, 3.8) is 0 Å². The molecule has 1 radical (unpaired) electrons. The summed E-state index contributed by atoms with van der Waals surface area (Å²) in [4.78, 5) is 0. The number of rotatable bonds is 0. The molecule has 0 aromatic carbocycles. The molecule has 0 saturated carbocycles. The molecule has 0 aromatic rings. The first-order valence-electron chi connectivity index (χ1n) is 0.516. The fourth-order valence-electron chi connectivity index (χ4n) is 0. The third-order valence-electron chi connectivity index (χ3n) is 0. The summed E-state index contributed by atoms with van der Waals surface area (Å²) < 4.78 is 2.92. The molecular weight excluding hydrogens is 236 g/mol. The van der Waals surface area contributed by atoms with Crippen LogP contribution >= 0.6 is 9.39 Å². The Morgan fingerprint density at radius 2 is 0.389 bits per heavy atom. The van der Waals surface area contributed by atoms with Crippen LogP contribution in [-0.4, -0.2) is 7.64 Å². The van der Waals surface area contributed by atoms with Gasteiger partial charge in [-0.1, -0.05) is 111 Å². The summed E-state index contributed by atoms with van der Waals surface area (Å²) in [6.45, 7) is 0. The molecule has 1 nitrogen and oxygen atoms in total. The summed E-state index contributed by atoms with van der Waals surface area (Å²) in [5.74, 6) is 0. The van der Waals surface area contributed by atoms with E-state index in [9.17, 15) is 0 Å². The van der Waals surface area contributed by atoms with Crippen LogP contribution in [0.25, 0.3) is 0 Å².